The van der Waals surface area contributed by atoms with Crippen molar-refractivity contribution in [3.63, 3.8) is 0 Å². The summed E-state index contributed by atoms with van der Waals surface area (Å²) in [6.07, 6.45) is 0.814. The molecule has 5 nitrogen and oxygen atoms in total. The van der Waals surface area contributed by atoms with Crippen LogP contribution >= 0.6 is 0 Å². The van der Waals surface area contributed by atoms with E-state index in [-0.39, 0.29) is 13.0 Å². The second-order valence-corrected chi connectivity index (χ2v) is 7.55. The fourth-order valence-electron chi connectivity index (χ4n) is 4.02. The highest BCUT2D eigenvalue weighted by Crippen LogP contribution is 2.33. The minimum absolute atomic E-state index is 0.184. The van der Waals surface area contributed by atoms with E-state index in [1.54, 1.807) is 0 Å². The van der Waals surface area contributed by atoms with Gasteiger partial charge in [-0.25, -0.2) is 0 Å². The molecule has 1 aliphatic heterocycles. The summed E-state index contributed by atoms with van der Waals surface area (Å²) in [5, 5.41) is 31.3. The maximum Gasteiger partial charge on any atom is 0.163 e. The van der Waals surface area contributed by atoms with E-state index in [2.05, 4.69) is 37.3 Å². The van der Waals surface area contributed by atoms with Crippen molar-refractivity contribution < 1.29 is 20.1 Å². The van der Waals surface area contributed by atoms with Crippen LogP contribution in [0.25, 0.3) is 10.9 Å². The molecule has 1 aromatic heterocycles. The van der Waals surface area contributed by atoms with Gasteiger partial charge in [0.1, 0.15) is 6.10 Å². The monoisotopic (exact) mass is 381 g/mol. The molecule has 4 rings (SSSR count). The molecule has 1 fully saturated rings. The van der Waals surface area contributed by atoms with Crippen LogP contribution in [0.5, 0.6) is 0 Å². The lowest BCUT2D eigenvalue weighted by Crippen LogP contribution is -2.46. The first kappa shape index (κ1) is 19.2. The molecule has 0 amide bonds. The zero-order valence-electron chi connectivity index (χ0n) is 16.0. The average Bonchev–Trinajstić information content (AvgIpc) is 3.09. The van der Waals surface area contributed by atoms with E-state index in [1.165, 1.54) is 11.1 Å². The van der Waals surface area contributed by atoms with Crippen LogP contribution in [0.4, 0.5) is 0 Å². The predicted octanol–water partition coefficient (Wildman–Crippen LogP) is 2.80. The molecule has 1 saturated heterocycles. The van der Waals surface area contributed by atoms with Crippen molar-refractivity contribution >= 4 is 10.9 Å². The van der Waals surface area contributed by atoms with Crippen molar-refractivity contribution in [1.82, 2.24) is 4.57 Å². The van der Waals surface area contributed by atoms with Gasteiger partial charge < -0.3 is 24.6 Å². The largest absolute Gasteiger partial charge is 0.394 e. The number of nitrogens with zero attached hydrogens (tertiary/aromatic N) is 1. The standard InChI is InChI=1S/C23H27NO4/c1-2-15-7-9-16(10-8-15)11-17-13-24(20-6-4-3-5-19(17)20)23-22(27)21(26)12-18(14-25)28-23/h3-10,13,18,21-23,25-27H,2,11-12,14H2,1H3/t18-,21-,22+,23+/m0/s1. The molecule has 0 spiro atoms. The van der Waals surface area contributed by atoms with Crippen LogP contribution in [0, 0.1) is 0 Å². The average molecular weight is 381 g/mol. The first-order valence-electron chi connectivity index (χ1n) is 9.89. The lowest BCUT2D eigenvalue weighted by atomic mass is 10.0. The van der Waals surface area contributed by atoms with Crippen LogP contribution in [0.3, 0.4) is 0 Å². The lowest BCUT2D eigenvalue weighted by molar-refractivity contribution is -0.204. The summed E-state index contributed by atoms with van der Waals surface area (Å²) in [6, 6.07) is 16.6. The van der Waals surface area contributed by atoms with Gasteiger partial charge >= 0.3 is 0 Å². The van der Waals surface area contributed by atoms with E-state index in [0.29, 0.717) is 0 Å². The number of aliphatic hydroxyl groups excluding tert-OH is 3. The molecule has 5 heteroatoms. The number of aromatic nitrogens is 1. The van der Waals surface area contributed by atoms with Crippen LogP contribution < -0.4 is 0 Å². The second kappa shape index (κ2) is 8.05. The van der Waals surface area contributed by atoms with Gasteiger partial charge in [-0.1, -0.05) is 49.4 Å². The number of para-hydroxylation sites is 1. The number of aliphatic hydroxyl groups is 3. The smallest absolute Gasteiger partial charge is 0.163 e. The minimum Gasteiger partial charge on any atom is -0.394 e. The molecular formula is C23H27NO4. The van der Waals surface area contributed by atoms with Gasteiger partial charge in [0, 0.05) is 18.0 Å². The molecule has 2 aromatic carbocycles. The summed E-state index contributed by atoms with van der Waals surface area (Å²) in [6.45, 7) is 1.96. The molecule has 28 heavy (non-hydrogen) atoms. The first-order valence-corrected chi connectivity index (χ1v) is 9.89. The second-order valence-electron chi connectivity index (χ2n) is 7.55. The van der Waals surface area contributed by atoms with E-state index in [4.69, 9.17) is 4.74 Å². The van der Waals surface area contributed by atoms with Crippen LogP contribution in [-0.2, 0) is 17.6 Å². The number of hydrogen-bond donors (Lipinski definition) is 3. The molecule has 0 saturated carbocycles. The Balaban J connectivity index is 1.71. The maximum atomic E-state index is 10.5. The Morgan fingerprint density at radius 1 is 1.04 bits per heavy atom. The fourth-order valence-corrected chi connectivity index (χ4v) is 4.02. The number of ether oxygens (including phenoxy) is 1. The van der Waals surface area contributed by atoms with E-state index >= 15 is 0 Å². The summed E-state index contributed by atoms with van der Waals surface area (Å²) < 4.78 is 7.80. The van der Waals surface area contributed by atoms with Gasteiger partial charge in [-0.2, -0.15) is 0 Å². The van der Waals surface area contributed by atoms with Gasteiger partial charge in [0.15, 0.2) is 6.23 Å². The number of fused-ring (bicyclic) bond motifs is 1. The maximum absolute atomic E-state index is 10.5. The van der Waals surface area contributed by atoms with Crippen LogP contribution in [0.1, 0.15) is 36.3 Å². The normalized spacial score (nSPS) is 25.3. The third-order valence-electron chi connectivity index (χ3n) is 5.65. The van der Waals surface area contributed by atoms with Crippen molar-refractivity contribution in [2.75, 3.05) is 6.61 Å². The van der Waals surface area contributed by atoms with Crippen molar-refractivity contribution in [1.29, 1.82) is 0 Å². The molecular weight excluding hydrogens is 354 g/mol. The molecule has 0 aliphatic carbocycles. The van der Waals surface area contributed by atoms with Crippen LogP contribution in [0.15, 0.2) is 54.7 Å². The molecule has 0 bridgehead atoms. The van der Waals surface area contributed by atoms with Gasteiger partial charge in [-0.3, -0.25) is 0 Å². The van der Waals surface area contributed by atoms with E-state index in [9.17, 15) is 15.3 Å². The summed E-state index contributed by atoms with van der Waals surface area (Å²) in [4.78, 5) is 0. The van der Waals surface area contributed by atoms with Crippen molar-refractivity contribution in [3.8, 4) is 0 Å². The molecule has 0 radical (unpaired) electrons. The Kier molecular flexibility index (Phi) is 5.51. The van der Waals surface area contributed by atoms with Gasteiger partial charge in [0.05, 0.1) is 24.3 Å². The predicted molar refractivity (Wildman–Crippen MR) is 108 cm³/mol. The van der Waals surface area contributed by atoms with Gasteiger partial charge in [0.25, 0.3) is 0 Å². The number of rotatable bonds is 5. The van der Waals surface area contributed by atoms with Gasteiger partial charge in [-0.05, 0) is 35.6 Å². The third kappa shape index (κ3) is 3.59. The molecule has 1 aliphatic rings. The number of benzene rings is 2. The number of hydrogen-bond acceptors (Lipinski definition) is 4. The molecule has 148 valence electrons. The van der Waals surface area contributed by atoms with Crippen molar-refractivity contribution in [3.05, 3.63) is 71.4 Å². The molecule has 4 atom stereocenters. The Hall–Kier alpha value is -2.18. The number of aryl methyl sites for hydroxylation is 1. The quantitative estimate of drug-likeness (QED) is 0.635. The lowest BCUT2D eigenvalue weighted by Gasteiger charge is -2.37. The molecule has 3 aromatic rings. The van der Waals surface area contributed by atoms with Gasteiger partial charge in [-0.15, -0.1) is 0 Å². The Bertz CT molecular complexity index is 933. The van der Waals surface area contributed by atoms with Crippen LogP contribution in [-0.4, -0.2) is 44.8 Å². The zero-order chi connectivity index (χ0) is 19.7. The molecule has 0 unspecified atom stereocenters. The molecule has 2 heterocycles. The minimum atomic E-state index is -1.05. The highest BCUT2D eigenvalue weighted by Gasteiger charge is 2.38. The van der Waals surface area contributed by atoms with Crippen molar-refractivity contribution in [2.45, 2.75) is 50.7 Å². The van der Waals surface area contributed by atoms with Crippen molar-refractivity contribution in [2.24, 2.45) is 0 Å². The topological polar surface area (TPSA) is 74.9 Å². The summed E-state index contributed by atoms with van der Waals surface area (Å²) >= 11 is 0. The van der Waals surface area contributed by atoms with Crippen LogP contribution in [0.2, 0.25) is 0 Å². The summed E-state index contributed by atoms with van der Waals surface area (Å²) in [7, 11) is 0. The Morgan fingerprint density at radius 3 is 2.46 bits per heavy atom. The summed E-state index contributed by atoms with van der Waals surface area (Å²) in [5.74, 6) is 0. The highest BCUT2D eigenvalue weighted by atomic mass is 16.5. The van der Waals surface area contributed by atoms with E-state index in [0.717, 1.165) is 29.3 Å². The first-order chi connectivity index (χ1) is 13.6. The SMILES string of the molecule is CCc1ccc(Cc2cn([C@@H]3O[C@H](CO)C[C@H](O)[C@H]3O)c3ccccc23)cc1. The fraction of sp³-hybridized carbons (Fsp3) is 0.391. The zero-order valence-corrected chi connectivity index (χ0v) is 16.0. The Morgan fingerprint density at radius 2 is 1.75 bits per heavy atom. The van der Waals surface area contributed by atoms with Gasteiger partial charge in [0.2, 0.25) is 0 Å². The van der Waals surface area contributed by atoms with E-state index < -0.39 is 24.5 Å². The van der Waals surface area contributed by atoms with E-state index in [1.807, 2.05) is 29.0 Å². The highest BCUT2D eigenvalue weighted by molar-refractivity contribution is 5.84. The Labute approximate surface area is 164 Å². The molecule has 3 N–H and O–H groups in total. The third-order valence-corrected chi connectivity index (χ3v) is 5.65. The summed E-state index contributed by atoms with van der Waals surface area (Å²) in [5.41, 5.74) is 4.61.